The van der Waals surface area contributed by atoms with Gasteiger partial charge < -0.3 is 29.6 Å². The minimum absolute atomic E-state index is 0.135. The normalized spacial score (nSPS) is 16.4. The van der Waals surface area contributed by atoms with Crippen LogP contribution in [0.1, 0.15) is 12.8 Å². The van der Waals surface area contributed by atoms with Gasteiger partial charge in [0.15, 0.2) is 5.82 Å². The Hall–Kier alpha value is -3.92. The number of ether oxygens (including phenoxy) is 2. The second-order valence-corrected chi connectivity index (χ2v) is 9.39. The third kappa shape index (κ3) is 3.60. The molecule has 0 unspecified atom stereocenters. The molecule has 0 aliphatic carbocycles. The number of nitrogens with zero attached hydrogens (tertiary/aromatic N) is 5. The van der Waals surface area contributed by atoms with Crippen LogP contribution in [0.2, 0.25) is 0 Å². The predicted octanol–water partition coefficient (Wildman–Crippen LogP) is 3.87. The van der Waals surface area contributed by atoms with E-state index in [2.05, 4.69) is 30.5 Å². The van der Waals surface area contributed by atoms with E-state index in [1.165, 1.54) is 0 Å². The predicted molar refractivity (Wildman–Crippen MR) is 137 cm³/mol. The van der Waals surface area contributed by atoms with E-state index in [4.69, 9.17) is 9.47 Å². The number of aromatic nitrogens is 4. The molecule has 4 aromatic rings. The maximum absolute atomic E-state index is 14.8. The molecule has 186 valence electrons. The van der Waals surface area contributed by atoms with Gasteiger partial charge in [0.05, 0.1) is 37.3 Å². The van der Waals surface area contributed by atoms with E-state index in [1.807, 2.05) is 42.1 Å². The molecular weight excluding hydrogens is 461 g/mol. The number of methoxy groups -OCH3 is 2. The van der Waals surface area contributed by atoms with E-state index in [1.54, 1.807) is 20.4 Å². The molecular formula is C26H28FN7O2. The van der Waals surface area contributed by atoms with E-state index in [0.29, 0.717) is 17.0 Å². The van der Waals surface area contributed by atoms with Gasteiger partial charge >= 0.3 is 0 Å². The van der Waals surface area contributed by atoms with Gasteiger partial charge in [0.1, 0.15) is 22.8 Å². The number of nitrogens with one attached hydrogen (secondary N) is 2. The molecule has 10 heteroatoms. The highest BCUT2D eigenvalue weighted by atomic mass is 19.1. The summed E-state index contributed by atoms with van der Waals surface area (Å²) in [5, 5.41) is 7.51. The molecule has 2 saturated heterocycles. The molecule has 0 amide bonds. The molecule has 2 N–H and O–H groups in total. The molecule has 0 radical (unpaired) electrons. The fourth-order valence-electron chi connectivity index (χ4n) is 5.32. The summed E-state index contributed by atoms with van der Waals surface area (Å²) in [6, 6.07) is 7.69. The number of rotatable bonds is 6. The zero-order chi connectivity index (χ0) is 24.9. The molecule has 36 heavy (non-hydrogen) atoms. The van der Waals surface area contributed by atoms with Crippen LogP contribution in [0.25, 0.3) is 22.3 Å². The van der Waals surface area contributed by atoms with Crippen LogP contribution in [0.4, 0.5) is 21.7 Å². The molecule has 0 saturated carbocycles. The van der Waals surface area contributed by atoms with Crippen LogP contribution < -0.4 is 25.0 Å². The number of pyridine rings is 1. The lowest BCUT2D eigenvalue weighted by Gasteiger charge is -2.48. The smallest absolute Gasteiger partial charge is 0.228 e. The molecule has 3 aromatic heterocycles. The minimum atomic E-state index is -0.522. The van der Waals surface area contributed by atoms with Gasteiger partial charge in [-0.05, 0) is 25.0 Å². The van der Waals surface area contributed by atoms with Crippen LogP contribution in [-0.2, 0) is 7.05 Å². The zero-order valence-electron chi connectivity index (χ0n) is 20.5. The largest absolute Gasteiger partial charge is 0.494 e. The average Bonchev–Trinajstić information content (AvgIpc) is 3.49. The van der Waals surface area contributed by atoms with E-state index >= 15 is 0 Å². The van der Waals surface area contributed by atoms with Gasteiger partial charge in [-0.25, -0.2) is 19.3 Å². The van der Waals surface area contributed by atoms with Gasteiger partial charge in [-0.3, -0.25) is 0 Å². The summed E-state index contributed by atoms with van der Waals surface area (Å²) in [7, 11) is 5.21. The molecule has 1 aromatic carbocycles. The van der Waals surface area contributed by atoms with Crippen LogP contribution in [0.15, 0.2) is 42.9 Å². The third-order valence-electron chi connectivity index (χ3n) is 7.27. The van der Waals surface area contributed by atoms with Crippen molar-refractivity contribution in [3.05, 3.63) is 48.7 Å². The Bertz CT molecular complexity index is 1450. The van der Waals surface area contributed by atoms with Gasteiger partial charge in [-0.1, -0.05) is 0 Å². The van der Waals surface area contributed by atoms with E-state index < -0.39 is 5.82 Å². The summed E-state index contributed by atoms with van der Waals surface area (Å²) in [5.74, 6) is 1.08. The Morgan fingerprint density at radius 1 is 1.08 bits per heavy atom. The molecule has 2 aliphatic heterocycles. The first-order valence-electron chi connectivity index (χ1n) is 12.0. The monoisotopic (exact) mass is 489 g/mol. The lowest BCUT2D eigenvalue weighted by atomic mass is 9.89. The van der Waals surface area contributed by atoms with E-state index in [0.717, 1.165) is 61.1 Å². The number of hydrogen-bond acceptors (Lipinski definition) is 8. The number of aryl methyl sites for hydroxylation is 1. The highest BCUT2D eigenvalue weighted by molar-refractivity contribution is 5.81. The maximum Gasteiger partial charge on any atom is 0.228 e. The Labute approximate surface area is 208 Å². The quantitative estimate of drug-likeness (QED) is 0.422. The zero-order valence-corrected chi connectivity index (χ0v) is 20.5. The van der Waals surface area contributed by atoms with Crippen molar-refractivity contribution in [1.82, 2.24) is 24.8 Å². The van der Waals surface area contributed by atoms with Gasteiger partial charge in [-0.15, -0.1) is 0 Å². The Morgan fingerprint density at radius 3 is 2.67 bits per heavy atom. The summed E-state index contributed by atoms with van der Waals surface area (Å²) in [6.45, 7) is 2.90. The van der Waals surface area contributed by atoms with Crippen LogP contribution in [0.5, 0.6) is 11.5 Å². The van der Waals surface area contributed by atoms with E-state index in [9.17, 15) is 4.39 Å². The number of halogens is 1. The topological polar surface area (TPSA) is 89.4 Å². The molecule has 0 atom stereocenters. The fraction of sp³-hybridized carbons (Fsp3) is 0.346. The lowest BCUT2D eigenvalue weighted by Crippen LogP contribution is -2.66. The van der Waals surface area contributed by atoms with Crippen molar-refractivity contribution in [1.29, 1.82) is 0 Å². The Kier molecular flexibility index (Phi) is 5.40. The summed E-state index contributed by atoms with van der Waals surface area (Å²) in [5.41, 5.74) is 3.33. The minimum Gasteiger partial charge on any atom is -0.494 e. The highest BCUT2D eigenvalue weighted by Crippen LogP contribution is 2.45. The van der Waals surface area contributed by atoms with Crippen LogP contribution in [0.3, 0.4) is 0 Å². The lowest BCUT2D eigenvalue weighted by molar-refractivity contribution is 0.280. The molecule has 9 nitrogen and oxygen atoms in total. The number of hydrogen-bond donors (Lipinski definition) is 2. The maximum atomic E-state index is 14.8. The van der Waals surface area contributed by atoms with Gasteiger partial charge in [0, 0.05) is 62.2 Å². The number of benzene rings is 1. The second kappa shape index (κ2) is 8.63. The van der Waals surface area contributed by atoms with Crippen LogP contribution >= 0.6 is 0 Å². The van der Waals surface area contributed by atoms with Gasteiger partial charge in [-0.2, -0.15) is 0 Å². The fourth-order valence-corrected chi connectivity index (χ4v) is 5.32. The third-order valence-corrected chi connectivity index (χ3v) is 7.27. The molecule has 5 heterocycles. The number of anilines is 3. The molecule has 2 aliphatic rings. The van der Waals surface area contributed by atoms with Crippen molar-refractivity contribution in [2.24, 2.45) is 7.05 Å². The molecule has 0 bridgehead atoms. The Morgan fingerprint density at radius 2 is 1.92 bits per heavy atom. The number of fused-ring (bicyclic) bond motifs is 1. The average molecular weight is 490 g/mol. The summed E-state index contributed by atoms with van der Waals surface area (Å²) in [6.07, 6.45) is 7.00. The van der Waals surface area contributed by atoms with Crippen molar-refractivity contribution in [3.63, 3.8) is 0 Å². The molecule has 1 spiro atoms. The Balaban J connectivity index is 1.35. The molecule has 2 fully saturated rings. The van der Waals surface area contributed by atoms with Gasteiger partial charge in [0.2, 0.25) is 5.95 Å². The van der Waals surface area contributed by atoms with Crippen molar-refractivity contribution in [3.8, 4) is 22.8 Å². The first-order valence-corrected chi connectivity index (χ1v) is 12.0. The molecule has 6 rings (SSSR count). The standard InChI is InChI=1S/C26H28FN7O2/c1-33-8-5-16-9-17(12-29-24(16)33)23-18(27)13-30-25(32-23)31-19-10-22(36-3)20(11-21(19)35-2)34-7-4-6-26(34)14-28-15-26/h5,8-13,28H,4,6-7,14-15H2,1-3H3,(H,30,31,32). The van der Waals surface area contributed by atoms with Crippen molar-refractivity contribution in [2.75, 3.05) is 44.1 Å². The summed E-state index contributed by atoms with van der Waals surface area (Å²) in [4.78, 5) is 15.5. The first kappa shape index (κ1) is 22.5. The SMILES string of the molecule is COc1cc(N2CCCC23CNC3)c(OC)cc1Nc1ncc(F)c(-c2cnc3c(ccn3C)c2)n1. The second-order valence-electron chi connectivity index (χ2n) is 9.39. The van der Waals surface area contributed by atoms with Crippen molar-refractivity contribution < 1.29 is 13.9 Å². The van der Waals surface area contributed by atoms with Gasteiger partial charge in [0.25, 0.3) is 0 Å². The van der Waals surface area contributed by atoms with Crippen molar-refractivity contribution in [2.45, 2.75) is 18.4 Å². The van der Waals surface area contributed by atoms with Crippen LogP contribution in [-0.4, -0.2) is 58.9 Å². The highest BCUT2D eigenvalue weighted by Gasteiger charge is 2.46. The van der Waals surface area contributed by atoms with E-state index in [-0.39, 0.29) is 17.2 Å². The summed E-state index contributed by atoms with van der Waals surface area (Å²) >= 11 is 0. The van der Waals surface area contributed by atoms with Crippen LogP contribution in [0, 0.1) is 5.82 Å². The van der Waals surface area contributed by atoms with Crippen molar-refractivity contribution >= 4 is 28.4 Å². The first-order chi connectivity index (χ1) is 17.5. The summed E-state index contributed by atoms with van der Waals surface area (Å²) < 4.78 is 28.2.